The molecular formula is C9H17N5S. The van der Waals surface area contributed by atoms with Crippen LogP contribution in [0.4, 0.5) is 5.13 Å². The van der Waals surface area contributed by atoms with Gasteiger partial charge >= 0.3 is 0 Å². The molecular weight excluding hydrogens is 210 g/mol. The Morgan fingerprint density at radius 1 is 1.27 bits per heavy atom. The first-order valence-electron chi connectivity index (χ1n) is 5.23. The van der Waals surface area contributed by atoms with Gasteiger partial charge < -0.3 is 15.5 Å². The lowest BCUT2D eigenvalue weighted by Gasteiger charge is -2.32. The predicted octanol–water partition coefficient (Wildman–Crippen LogP) is -0.0898. The van der Waals surface area contributed by atoms with Crippen LogP contribution in [0, 0.1) is 0 Å². The zero-order chi connectivity index (χ0) is 10.7. The van der Waals surface area contributed by atoms with Gasteiger partial charge in [0.1, 0.15) is 5.01 Å². The van der Waals surface area contributed by atoms with Crippen molar-refractivity contribution in [1.29, 1.82) is 0 Å². The molecule has 0 amide bonds. The van der Waals surface area contributed by atoms with Crippen molar-refractivity contribution in [3.05, 3.63) is 5.01 Å². The first-order valence-corrected chi connectivity index (χ1v) is 6.04. The molecule has 15 heavy (non-hydrogen) atoms. The Balaban J connectivity index is 1.74. The summed E-state index contributed by atoms with van der Waals surface area (Å²) in [4.78, 5) is 4.83. The predicted molar refractivity (Wildman–Crippen MR) is 62.0 cm³/mol. The molecule has 5 nitrogen and oxygen atoms in total. The van der Waals surface area contributed by atoms with E-state index in [-0.39, 0.29) is 0 Å². The fourth-order valence-corrected chi connectivity index (χ4v) is 2.29. The molecule has 2 rings (SSSR count). The first-order chi connectivity index (χ1) is 7.24. The summed E-state index contributed by atoms with van der Waals surface area (Å²) in [5, 5.41) is 9.45. The van der Waals surface area contributed by atoms with Crippen LogP contribution < -0.4 is 5.73 Å². The molecule has 1 fully saturated rings. The molecule has 2 heterocycles. The third-order valence-electron chi connectivity index (χ3n) is 2.72. The van der Waals surface area contributed by atoms with E-state index in [4.69, 9.17) is 5.73 Å². The number of rotatable bonds is 3. The molecule has 0 bridgehead atoms. The largest absolute Gasteiger partial charge is 0.374 e. The number of nitrogens with two attached hydrogens (primary N) is 1. The number of aromatic nitrogens is 2. The maximum Gasteiger partial charge on any atom is 0.203 e. The van der Waals surface area contributed by atoms with Crippen molar-refractivity contribution in [3.63, 3.8) is 0 Å². The number of nitrogens with zero attached hydrogens (tertiary/aromatic N) is 4. The van der Waals surface area contributed by atoms with Crippen molar-refractivity contribution in [2.24, 2.45) is 0 Å². The molecule has 0 saturated carbocycles. The second-order valence-corrected chi connectivity index (χ2v) is 5.02. The summed E-state index contributed by atoms with van der Waals surface area (Å²) in [6, 6.07) is 0. The molecule has 0 atom stereocenters. The van der Waals surface area contributed by atoms with Gasteiger partial charge in [-0.05, 0) is 7.05 Å². The third kappa shape index (κ3) is 3.12. The molecule has 0 aliphatic carbocycles. The number of hydrogen-bond acceptors (Lipinski definition) is 6. The SMILES string of the molecule is CN1CCN(CCc2nnc(N)s2)CC1. The lowest BCUT2D eigenvalue weighted by molar-refractivity contribution is 0.155. The summed E-state index contributed by atoms with van der Waals surface area (Å²) < 4.78 is 0. The highest BCUT2D eigenvalue weighted by Gasteiger charge is 2.13. The lowest BCUT2D eigenvalue weighted by atomic mass is 10.3. The number of hydrogen-bond donors (Lipinski definition) is 1. The highest BCUT2D eigenvalue weighted by Crippen LogP contribution is 2.12. The van der Waals surface area contributed by atoms with Crippen LogP contribution >= 0.6 is 11.3 Å². The average Bonchev–Trinajstić information content (AvgIpc) is 2.64. The van der Waals surface area contributed by atoms with Crippen molar-refractivity contribution in [1.82, 2.24) is 20.0 Å². The Labute approximate surface area is 93.9 Å². The maximum absolute atomic E-state index is 5.53. The number of anilines is 1. The molecule has 1 aliphatic rings. The van der Waals surface area contributed by atoms with Crippen LogP contribution in [0.1, 0.15) is 5.01 Å². The Morgan fingerprint density at radius 3 is 2.60 bits per heavy atom. The minimum absolute atomic E-state index is 0.573. The van der Waals surface area contributed by atoms with Gasteiger partial charge in [-0.1, -0.05) is 11.3 Å². The van der Waals surface area contributed by atoms with Crippen molar-refractivity contribution in [2.75, 3.05) is 45.5 Å². The maximum atomic E-state index is 5.53. The summed E-state index contributed by atoms with van der Waals surface area (Å²) in [7, 11) is 2.17. The molecule has 1 aromatic rings. The van der Waals surface area contributed by atoms with Crippen molar-refractivity contribution >= 4 is 16.5 Å². The Hall–Kier alpha value is -0.720. The van der Waals surface area contributed by atoms with Crippen LogP contribution in [-0.2, 0) is 6.42 Å². The smallest absolute Gasteiger partial charge is 0.203 e. The molecule has 0 aromatic carbocycles. The standard InChI is InChI=1S/C9H17N5S/c1-13-4-6-14(7-5-13)3-2-8-11-12-9(10)15-8/h2-7H2,1H3,(H2,10,12). The van der Waals surface area contributed by atoms with Crippen molar-refractivity contribution < 1.29 is 0 Å². The van der Waals surface area contributed by atoms with Gasteiger partial charge in [-0.3, -0.25) is 0 Å². The summed E-state index contributed by atoms with van der Waals surface area (Å²) >= 11 is 1.50. The highest BCUT2D eigenvalue weighted by atomic mass is 32.1. The van der Waals surface area contributed by atoms with Crippen LogP contribution in [0.15, 0.2) is 0 Å². The average molecular weight is 227 g/mol. The van der Waals surface area contributed by atoms with Crippen LogP contribution in [-0.4, -0.2) is 59.8 Å². The Kier molecular flexibility index (Phi) is 3.50. The second kappa shape index (κ2) is 4.87. The molecule has 84 valence electrons. The monoisotopic (exact) mass is 227 g/mol. The van der Waals surface area contributed by atoms with E-state index in [9.17, 15) is 0 Å². The minimum atomic E-state index is 0.573. The van der Waals surface area contributed by atoms with Crippen LogP contribution in [0.2, 0.25) is 0 Å². The van der Waals surface area contributed by atoms with Crippen LogP contribution in [0.3, 0.4) is 0 Å². The fraction of sp³-hybridized carbons (Fsp3) is 0.778. The third-order valence-corrected chi connectivity index (χ3v) is 3.53. The van der Waals surface area contributed by atoms with Gasteiger partial charge in [0.2, 0.25) is 5.13 Å². The zero-order valence-electron chi connectivity index (χ0n) is 9.02. The Morgan fingerprint density at radius 2 is 2.00 bits per heavy atom. The van der Waals surface area contributed by atoms with E-state index in [1.165, 1.54) is 11.3 Å². The van der Waals surface area contributed by atoms with E-state index in [0.717, 1.165) is 44.2 Å². The van der Waals surface area contributed by atoms with Crippen LogP contribution in [0.25, 0.3) is 0 Å². The van der Waals surface area contributed by atoms with E-state index in [1.807, 2.05) is 0 Å². The van der Waals surface area contributed by atoms with Gasteiger partial charge in [0.25, 0.3) is 0 Å². The van der Waals surface area contributed by atoms with Crippen molar-refractivity contribution in [3.8, 4) is 0 Å². The lowest BCUT2D eigenvalue weighted by Crippen LogP contribution is -2.45. The minimum Gasteiger partial charge on any atom is -0.374 e. The summed E-state index contributed by atoms with van der Waals surface area (Å²) in [5.74, 6) is 0. The number of nitrogen functional groups attached to an aromatic ring is 1. The van der Waals surface area contributed by atoms with Gasteiger partial charge in [0, 0.05) is 39.1 Å². The zero-order valence-corrected chi connectivity index (χ0v) is 9.83. The summed E-state index contributed by atoms with van der Waals surface area (Å²) in [5.41, 5.74) is 5.53. The topological polar surface area (TPSA) is 58.3 Å². The summed E-state index contributed by atoms with van der Waals surface area (Å²) in [6.45, 7) is 5.72. The fourth-order valence-electron chi connectivity index (χ4n) is 1.69. The van der Waals surface area contributed by atoms with Crippen LogP contribution in [0.5, 0.6) is 0 Å². The van der Waals surface area contributed by atoms with Gasteiger partial charge in [0.05, 0.1) is 0 Å². The molecule has 1 saturated heterocycles. The van der Waals surface area contributed by atoms with E-state index in [1.54, 1.807) is 0 Å². The molecule has 0 spiro atoms. The molecule has 0 unspecified atom stereocenters. The Bertz CT molecular complexity index is 305. The number of likely N-dealkylation sites (N-methyl/N-ethyl adjacent to an activating group) is 1. The molecule has 1 aliphatic heterocycles. The van der Waals surface area contributed by atoms with E-state index in [2.05, 4.69) is 27.0 Å². The van der Waals surface area contributed by atoms with Gasteiger partial charge in [-0.15, -0.1) is 10.2 Å². The van der Waals surface area contributed by atoms with Crippen molar-refractivity contribution in [2.45, 2.75) is 6.42 Å². The van der Waals surface area contributed by atoms with Gasteiger partial charge in [0.15, 0.2) is 0 Å². The van der Waals surface area contributed by atoms with Gasteiger partial charge in [-0.2, -0.15) is 0 Å². The first kappa shape index (κ1) is 10.8. The number of piperazine rings is 1. The summed E-state index contributed by atoms with van der Waals surface area (Å²) in [6.07, 6.45) is 0.971. The normalized spacial score (nSPS) is 19.5. The second-order valence-electron chi connectivity index (χ2n) is 3.93. The molecule has 1 aromatic heterocycles. The van der Waals surface area contributed by atoms with E-state index < -0.39 is 0 Å². The molecule has 6 heteroatoms. The quantitative estimate of drug-likeness (QED) is 0.782. The molecule has 2 N–H and O–H groups in total. The molecule has 0 radical (unpaired) electrons. The van der Waals surface area contributed by atoms with E-state index >= 15 is 0 Å². The van der Waals surface area contributed by atoms with E-state index in [0.29, 0.717) is 5.13 Å². The highest BCUT2D eigenvalue weighted by molar-refractivity contribution is 7.15. The van der Waals surface area contributed by atoms with Gasteiger partial charge in [-0.25, -0.2) is 0 Å².